The third-order valence-electron chi connectivity index (χ3n) is 8.03. The Hall–Kier alpha value is -4.01. The van der Waals surface area contributed by atoms with Gasteiger partial charge in [0.2, 0.25) is 5.91 Å². The summed E-state index contributed by atoms with van der Waals surface area (Å²) in [5.74, 6) is 0.297. The lowest BCUT2D eigenvalue weighted by Gasteiger charge is -2.32. The minimum atomic E-state index is -0.903. The van der Waals surface area contributed by atoms with Crippen LogP contribution in [-0.4, -0.2) is 54.0 Å². The van der Waals surface area contributed by atoms with E-state index in [4.69, 9.17) is 9.15 Å². The van der Waals surface area contributed by atoms with Crippen molar-refractivity contribution < 1.29 is 18.7 Å². The average molecular weight is 553 g/mol. The third-order valence-corrected chi connectivity index (χ3v) is 8.03. The van der Waals surface area contributed by atoms with E-state index < -0.39 is 6.04 Å². The van der Waals surface area contributed by atoms with Gasteiger partial charge in [0.05, 0.1) is 37.2 Å². The van der Waals surface area contributed by atoms with Gasteiger partial charge in [-0.2, -0.15) is 0 Å². The largest absolute Gasteiger partial charge is 0.455 e. The molecule has 2 amide bonds. The first kappa shape index (κ1) is 27.2. The van der Waals surface area contributed by atoms with Gasteiger partial charge in [-0.15, -0.1) is 0 Å². The zero-order valence-electron chi connectivity index (χ0n) is 23.4. The number of nitrogens with one attached hydrogen (secondary N) is 1. The number of morpholine rings is 1. The number of ether oxygens (including phenoxy) is 1. The first-order valence-electron chi connectivity index (χ1n) is 14.5. The van der Waals surface area contributed by atoms with Crippen LogP contribution in [0, 0.1) is 6.92 Å². The van der Waals surface area contributed by atoms with Crippen molar-refractivity contribution >= 4 is 28.4 Å². The van der Waals surface area contributed by atoms with Gasteiger partial charge in [0.25, 0.3) is 5.91 Å². The summed E-state index contributed by atoms with van der Waals surface area (Å²) >= 11 is 0. The molecule has 41 heavy (non-hydrogen) atoms. The van der Waals surface area contributed by atoms with Crippen molar-refractivity contribution in [3.05, 3.63) is 95.6 Å². The predicted molar refractivity (Wildman–Crippen MR) is 158 cm³/mol. The molecule has 0 bridgehead atoms. The van der Waals surface area contributed by atoms with Crippen molar-refractivity contribution in [2.24, 2.45) is 0 Å². The molecule has 2 fully saturated rings. The molecule has 2 aromatic heterocycles. The van der Waals surface area contributed by atoms with Crippen LogP contribution >= 0.6 is 0 Å². The summed E-state index contributed by atoms with van der Waals surface area (Å²) in [5.41, 5.74) is 3.16. The smallest absolute Gasteiger partial charge is 0.295 e. The van der Waals surface area contributed by atoms with E-state index in [-0.39, 0.29) is 23.6 Å². The molecule has 1 saturated heterocycles. The first-order valence-corrected chi connectivity index (χ1v) is 14.5. The molecule has 8 nitrogen and oxygen atoms in total. The maximum atomic E-state index is 14.4. The number of aryl methyl sites for hydroxylation is 1. The van der Waals surface area contributed by atoms with E-state index in [2.05, 4.69) is 15.2 Å². The second-order valence-corrected chi connectivity index (χ2v) is 11.0. The SMILES string of the molecule is Cc1ccc([C@H](C(=O)NC2CCCC2)N(C(=O)c2ccc(CN3CCOCC3)o2)c2cnc3ccccc3c2)cc1. The van der Waals surface area contributed by atoms with Gasteiger partial charge in [-0.3, -0.25) is 24.4 Å². The Labute approximate surface area is 240 Å². The van der Waals surface area contributed by atoms with Crippen molar-refractivity contribution in [2.45, 2.75) is 51.2 Å². The Morgan fingerprint density at radius 2 is 1.78 bits per heavy atom. The van der Waals surface area contributed by atoms with Crippen LogP contribution < -0.4 is 10.2 Å². The molecule has 0 spiro atoms. The number of benzene rings is 2. The van der Waals surface area contributed by atoms with E-state index >= 15 is 0 Å². The van der Waals surface area contributed by atoms with Crippen LogP contribution in [0.2, 0.25) is 0 Å². The van der Waals surface area contributed by atoms with Gasteiger partial charge in [0, 0.05) is 24.5 Å². The summed E-state index contributed by atoms with van der Waals surface area (Å²) in [6.45, 7) is 5.60. The normalized spacial score (nSPS) is 17.0. The Morgan fingerprint density at radius 1 is 1.02 bits per heavy atom. The molecule has 0 radical (unpaired) electrons. The van der Waals surface area contributed by atoms with Crippen molar-refractivity contribution in [3.63, 3.8) is 0 Å². The molecule has 212 valence electrons. The fourth-order valence-corrected chi connectivity index (χ4v) is 5.77. The summed E-state index contributed by atoms with van der Waals surface area (Å²) in [6, 6.07) is 20.2. The molecule has 2 aromatic carbocycles. The van der Waals surface area contributed by atoms with Gasteiger partial charge in [0.1, 0.15) is 11.8 Å². The number of hydrogen-bond acceptors (Lipinski definition) is 6. The van der Waals surface area contributed by atoms with Crippen LogP contribution in [0.3, 0.4) is 0 Å². The topological polar surface area (TPSA) is 87.9 Å². The Kier molecular flexibility index (Phi) is 8.11. The molecule has 6 rings (SSSR count). The standard InChI is InChI=1S/C33H36N4O4/c1-23-10-12-24(13-11-23)31(32(38)35-26-7-3-4-8-26)37(27-20-25-6-2-5-9-29(25)34-21-27)33(39)30-15-14-28(41-30)22-36-16-18-40-19-17-36/h2,5-6,9-15,20-21,26,31H,3-4,7-8,16-19,22H2,1H3,(H,35,38)/t31-/m1/s1. The van der Waals surface area contributed by atoms with E-state index in [1.54, 1.807) is 17.2 Å². The van der Waals surface area contributed by atoms with Gasteiger partial charge < -0.3 is 14.5 Å². The highest BCUT2D eigenvalue weighted by Crippen LogP contribution is 2.32. The minimum absolute atomic E-state index is 0.103. The molecule has 2 aliphatic rings. The molecular weight excluding hydrogens is 516 g/mol. The Balaban J connectivity index is 1.40. The van der Waals surface area contributed by atoms with Crippen LogP contribution in [0.15, 0.2) is 77.3 Å². The molecule has 8 heteroatoms. The lowest BCUT2D eigenvalue weighted by molar-refractivity contribution is -0.123. The van der Waals surface area contributed by atoms with E-state index in [1.807, 2.05) is 67.6 Å². The molecule has 1 saturated carbocycles. The monoisotopic (exact) mass is 552 g/mol. The highest BCUT2D eigenvalue weighted by Gasteiger charge is 2.36. The maximum Gasteiger partial charge on any atom is 0.295 e. The molecule has 3 heterocycles. The van der Waals surface area contributed by atoms with Crippen LogP contribution in [0.5, 0.6) is 0 Å². The van der Waals surface area contributed by atoms with E-state index in [1.165, 1.54) is 0 Å². The third kappa shape index (κ3) is 6.19. The second kappa shape index (κ2) is 12.2. The summed E-state index contributed by atoms with van der Waals surface area (Å²) in [6.07, 6.45) is 5.75. The second-order valence-electron chi connectivity index (χ2n) is 11.0. The molecule has 1 atom stereocenters. The number of para-hydroxylation sites is 1. The first-order chi connectivity index (χ1) is 20.0. The number of amides is 2. The molecule has 4 aromatic rings. The number of furan rings is 1. The van der Waals surface area contributed by atoms with Gasteiger partial charge >= 0.3 is 0 Å². The lowest BCUT2D eigenvalue weighted by atomic mass is 10.0. The number of nitrogens with zero attached hydrogens (tertiary/aromatic N) is 3. The minimum Gasteiger partial charge on any atom is -0.455 e. The fraction of sp³-hybridized carbons (Fsp3) is 0.364. The van der Waals surface area contributed by atoms with Crippen molar-refractivity contribution in [3.8, 4) is 0 Å². The summed E-state index contributed by atoms with van der Waals surface area (Å²) in [4.78, 5) is 36.9. The van der Waals surface area contributed by atoms with Crippen LogP contribution in [0.4, 0.5) is 5.69 Å². The van der Waals surface area contributed by atoms with Crippen molar-refractivity contribution in [1.82, 2.24) is 15.2 Å². The van der Waals surface area contributed by atoms with Crippen LogP contribution in [-0.2, 0) is 16.1 Å². The molecule has 0 unspecified atom stereocenters. The Bertz CT molecular complexity index is 1500. The number of fused-ring (bicyclic) bond motifs is 1. The zero-order chi connectivity index (χ0) is 28.2. The lowest BCUT2D eigenvalue weighted by Crippen LogP contribution is -2.46. The number of carbonyl (C=O) groups excluding carboxylic acids is 2. The van der Waals surface area contributed by atoms with E-state index in [0.29, 0.717) is 31.2 Å². The maximum absolute atomic E-state index is 14.4. The number of pyridine rings is 1. The number of anilines is 1. The quantitative estimate of drug-likeness (QED) is 0.314. The highest BCUT2D eigenvalue weighted by atomic mass is 16.5. The summed E-state index contributed by atoms with van der Waals surface area (Å²) < 4.78 is 11.6. The van der Waals surface area contributed by atoms with E-state index in [0.717, 1.165) is 60.8 Å². The van der Waals surface area contributed by atoms with Gasteiger partial charge in [0.15, 0.2) is 5.76 Å². The number of rotatable bonds is 8. The van der Waals surface area contributed by atoms with Gasteiger partial charge in [-0.25, -0.2) is 0 Å². The highest BCUT2D eigenvalue weighted by molar-refractivity contribution is 6.09. The van der Waals surface area contributed by atoms with Gasteiger partial charge in [-0.05, 0) is 49.6 Å². The Morgan fingerprint density at radius 3 is 2.56 bits per heavy atom. The zero-order valence-corrected chi connectivity index (χ0v) is 23.4. The molecular formula is C33H36N4O4. The number of aromatic nitrogens is 1. The van der Waals surface area contributed by atoms with Crippen LogP contribution in [0.1, 0.15) is 59.2 Å². The predicted octanol–water partition coefficient (Wildman–Crippen LogP) is 5.42. The van der Waals surface area contributed by atoms with Crippen LogP contribution in [0.25, 0.3) is 10.9 Å². The number of carbonyl (C=O) groups is 2. The summed E-state index contributed by atoms with van der Waals surface area (Å²) in [5, 5.41) is 4.13. The molecule has 1 aliphatic heterocycles. The molecule has 1 aliphatic carbocycles. The molecule has 1 N–H and O–H groups in total. The fourth-order valence-electron chi connectivity index (χ4n) is 5.77. The van der Waals surface area contributed by atoms with E-state index in [9.17, 15) is 9.59 Å². The summed E-state index contributed by atoms with van der Waals surface area (Å²) in [7, 11) is 0. The van der Waals surface area contributed by atoms with Crippen molar-refractivity contribution in [1.29, 1.82) is 0 Å². The average Bonchev–Trinajstić information content (AvgIpc) is 3.69. The van der Waals surface area contributed by atoms with Crippen molar-refractivity contribution in [2.75, 3.05) is 31.2 Å². The van der Waals surface area contributed by atoms with Gasteiger partial charge in [-0.1, -0.05) is 60.9 Å². The number of hydrogen-bond donors (Lipinski definition) is 1.